The second kappa shape index (κ2) is 18.5. The van der Waals surface area contributed by atoms with Crippen molar-refractivity contribution in [1.82, 2.24) is 0 Å². The Morgan fingerprint density at radius 3 is 1.78 bits per heavy atom. The summed E-state index contributed by atoms with van der Waals surface area (Å²) in [5.74, 6) is 0. The van der Waals surface area contributed by atoms with Crippen LogP contribution in [0.2, 0.25) is 0 Å². The van der Waals surface area contributed by atoms with Crippen LogP contribution in [0, 0.1) is 26.9 Å². The van der Waals surface area contributed by atoms with Crippen LogP contribution in [-0.4, -0.2) is 28.3 Å². The molecule has 1 heterocycles. The molecule has 0 aliphatic carbocycles. The van der Waals surface area contributed by atoms with E-state index in [4.69, 9.17) is 4.99 Å². The average Bonchev–Trinajstić information content (AvgIpc) is 2.86. The van der Waals surface area contributed by atoms with Crippen molar-refractivity contribution in [2.75, 3.05) is 0 Å². The van der Waals surface area contributed by atoms with Crippen molar-refractivity contribution in [2.24, 2.45) is 4.99 Å². The molecule has 1 aliphatic heterocycles. The van der Waals surface area contributed by atoms with Gasteiger partial charge in [0.15, 0.2) is 0 Å². The number of nitrogens with zero attached hydrogens (tertiary/aromatic N) is 3. The molecule has 0 aromatic heterocycles. The summed E-state index contributed by atoms with van der Waals surface area (Å²) in [6.07, 6.45) is 0. The van der Waals surface area contributed by atoms with Crippen molar-refractivity contribution >= 4 is 30.5 Å². The Hall–Kier alpha value is -2.81. The van der Waals surface area contributed by atoms with E-state index >= 15 is 0 Å². The Morgan fingerprint density at radius 2 is 1.31 bits per heavy atom. The first-order valence-electron chi connectivity index (χ1n) is 11.8. The van der Waals surface area contributed by atoms with Gasteiger partial charge in [0.25, 0.3) is 0 Å². The standard InChI is InChI=1S/C26H29N3.2C2H6.2CH3.Fe/c1-18-19(2)25(21(4)27-23-14-10-8-11-15-23)29(7)26(20(18)3)22(5)28(6)24-16-12-9-13-17-24;2*1-2;;;/h8-17H,6-7H2,1-5H3;2*1-2H3;2*1H3;/q;;;2*-1;. The first-order valence-corrected chi connectivity index (χ1v) is 11.8. The molecule has 0 saturated carbocycles. The zero-order chi connectivity index (χ0) is 25.1. The molecule has 4 heteroatoms. The number of benzene rings is 2. The SMILES string of the molecule is C=[N+]1C(C(C)=Nc2ccccc2)=C(C)C(C)=C(C)[C-]1[C-](C)[N+](=C)c1ccccc1.CC.CC.[CH3-].[CH3-].[Fe]. The van der Waals surface area contributed by atoms with Gasteiger partial charge in [-0.1, -0.05) is 96.0 Å². The molecule has 0 N–H and O–H groups in total. The first-order chi connectivity index (χ1) is 15.8. The molecule has 0 saturated heterocycles. The van der Waals surface area contributed by atoms with Crippen LogP contribution in [0.25, 0.3) is 0 Å². The van der Waals surface area contributed by atoms with Gasteiger partial charge in [0, 0.05) is 23.8 Å². The number of allylic oxidation sites excluding steroid dienone is 3. The predicted octanol–water partition coefficient (Wildman–Crippen LogP) is 9.20. The molecule has 0 atom stereocenters. The van der Waals surface area contributed by atoms with E-state index in [0.29, 0.717) is 0 Å². The van der Waals surface area contributed by atoms with Crippen molar-refractivity contribution in [2.45, 2.75) is 62.3 Å². The van der Waals surface area contributed by atoms with E-state index in [1.165, 1.54) is 16.7 Å². The number of aliphatic imine (C=N–C) groups is 1. The summed E-state index contributed by atoms with van der Waals surface area (Å²) in [4.78, 5) is 4.84. The van der Waals surface area contributed by atoms with Gasteiger partial charge in [-0.15, -0.1) is 5.57 Å². The van der Waals surface area contributed by atoms with Gasteiger partial charge >= 0.3 is 0 Å². The fourth-order valence-electron chi connectivity index (χ4n) is 3.77. The zero-order valence-corrected chi connectivity index (χ0v) is 25.5. The molecule has 0 fully saturated rings. The third-order valence-corrected chi connectivity index (χ3v) is 5.59. The van der Waals surface area contributed by atoms with E-state index in [9.17, 15) is 0 Å². The molecule has 2 aromatic rings. The van der Waals surface area contributed by atoms with Gasteiger partial charge in [-0.2, -0.15) is 0 Å². The fourth-order valence-corrected chi connectivity index (χ4v) is 3.77. The maximum atomic E-state index is 4.84. The topological polar surface area (TPSA) is 18.4 Å². The second-order valence-electron chi connectivity index (χ2n) is 7.38. The average molecular weight is 530 g/mol. The van der Waals surface area contributed by atoms with E-state index in [0.717, 1.165) is 34.9 Å². The summed E-state index contributed by atoms with van der Waals surface area (Å²) in [7, 11) is 0. The number of hydrogen-bond donors (Lipinski definition) is 0. The van der Waals surface area contributed by atoms with Crippen LogP contribution in [0.15, 0.2) is 88.1 Å². The van der Waals surface area contributed by atoms with Gasteiger partial charge in [0.05, 0.1) is 18.1 Å². The van der Waals surface area contributed by atoms with Crippen molar-refractivity contribution in [1.29, 1.82) is 0 Å². The minimum absolute atomic E-state index is 0. The summed E-state index contributed by atoms with van der Waals surface area (Å²) in [5.41, 5.74) is 7.60. The molecule has 0 radical (unpaired) electrons. The van der Waals surface area contributed by atoms with Crippen molar-refractivity contribution in [3.8, 4) is 0 Å². The Bertz CT molecular complexity index is 1030. The first kappa shape index (κ1) is 37.7. The van der Waals surface area contributed by atoms with Gasteiger partial charge in [0.2, 0.25) is 0 Å². The van der Waals surface area contributed by atoms with Crippen molar-refractivity contribution < 1.29 is 26.2 Å². The maximum Gasteiger partial charge on any atom is 0.146 e. The second-order valence-corrected chi connectivity index (χ2v) is 7.38. The van der Waals surface area contributed by atoms with Crippen LogP contribution in [0.1, 0.15) is 62.3 Å². The summed E-state index contributed by atoms with van der Waals surface area (Å²) in [6, 6.07) is 22.3. The van der Waals surface area contributed by atoms with Gasteiger partial charge in [-0.05, 0) is 38.1 Å². The molecular weight excluding hydrogens is 482 g/mol. The molecule has 0 amide bonds. The van der Waals surface area contributed by atoms with Crippen LogP contribution >= 0.6 is 0 Å². The van der Waals surface area contributed by atoms with Crippen LogP contribution in [0.3, 0.4) is 0 Å². The predicted molar refractivity (Wildman–Crippen MR) is 159 cm³/mol. The molecule has 0 bridgehead atoms. The Morgan fingerprint density at radius 1 is 0.861 bits per heavy atom. The minimum atomic E-state index is 0. The quantitative estimate of drug-likeness (QED) is 0.159. The third-order valence-electron chi connectivity index (χ3n) is 5.59. The maximum absolute atomic E-state index is 4.84. The summed E-state index contributed by atoms with van der Waals surface area (Å²) in [5, 5.41) is 0. The van der Waals surface area contributed by atoms with E-state index in [2.05, 4.69) is 53.3 Å². The number of para-hydroxylation sites is 2. The zero-order valence-electron chi connectivity index (χ0n) is 24.4. The van der Waals surface area contributed by atoms with E-state index in [-0.39, 0.29) is 31.9 Å². The van der Waals surface area contributed by atoms with Crippen LogP contribution in [0.5, 0.6) is 0 Å². The third kappa shape index (κ3) is 8.69. The molecule has 200 valence electrons. The van der Waals surface area contributed by atoms with Gasteiger partial charge in [-0.3, -0.25) is 9.57 Å². The molecule has 3 rings (SSSR count). The summed E-state index contributed by atoms with van der Waals surface area (Å²) in [6.45, 7) is 27.3. The van der Waals surface area contributed by atoms with Gasteiger partial charge in [-0.25, -0.2) is 0 Å². The smallest absolute Gasteiger partial charge is 0.146 e. The molecule has 1 aliphatic rings. The molecule has 2 aromatic carbocycles. The van der Waals surface area contributed by atoms with E-state index in [1.807, 2.05) is 92.3 Å². The van der Waals surface area contributed by atoms with Crippen LogP contribution in [-0.2, 0) is 17.1 Å². The van der Waals surface area contributed by atoms with Crippen LogP contribution in [0.4, 0.5) is 11.4 Å². The van der Waals surface area contributed by atoms with Crippen LogP contribution < -0.4 is 0 Å². The Balaban J connectivity index is -0.00000148. The summed E-state index contributed by atoms with van der Waals surface area (Å²) < 4.78 is 3.97. The molecule has 0 spiro atoms. The van der Waals surface area contributed by atoms with Crippen molar-refractivity contribution in [3.63, 3.8) is 0 Å². The van der Waals surface area contributed by atoms with Crippen molar-refractivity contribution in [3.05, 3.63) is 110 Å². The molecule has 0 unspecified atom stereocenters. The minimum Gasteiger partial charge on any atom is -0.358 e. The monoisotopic (exact) mass is 529 g/mol. The summed E-state index contributed by atoms with van der Waals surface area (Å²) >= 11 is 0. The number of hydrogen-bond acceptors (Lipinski definition) is 1. The molecule has 3 nitrogen and oxygen atoms in total. The van der Waals surface area contributed by atoms with E-state index in [1.54, 1.807) is 0 Å². The van der Waals surface area contributed by atoms with Gasteiger partial charge < -0.3 is 19.4 Å². The largest absolute Gasteiger partial charge is 0.358 e. The molecular formula is C32H47FeN3-2. The fraction of sp³-hybridized carbons (Fsp3) is 0.281. The van der Waals surface area contributed by atoms with Gasteiger partial charge in [0.1, 0.15) is 23.5 Å². The Kier molecular flexibility index (Phi) is 19.3. The van der Waals surface area contributed by atoms with E-state index < -0.39 is 0 Å². The normalized spacial score (nSPS) is 12.5. The number of rotatable bonds is 5. The molecule has 36 heavy (non-hydrogen) atoms. The Labute approximate surface area is 233 Å².